The first-order valence-electron chi connectivity index (χ1n) is 7.84. The molecule has 0 aromatic heterocycles. The number of thiocarbonyl (C=S) groups is 1. The number of rotatable bonds is 4. The molecule has 2 aromatic rings. The van der Waals surface area contributed by atoms with Crippen molar-refractivity contribution in [1.82, 2.24) is 10.6 Å². The van der Waals surface area contributed by atoms with Crippen molar-refractivity contribution in [3.63, 3.8) is 0 Å². The molecule has 9 heteroatoms. The quantitative estimate of drug-likeness (QED) is 0.207. The molecule has 0 spiro atoms. The smallest absolute Gasteiger partial charge is 0.253 e. The zero-order chi connectivity index (χ0) is 20.2. The molecule has 1 amide bonds. The van der Waals surface area contributed by atoms with Gasteiger partial charge in [0.05, 0.1) is 0 Å². The second-order valence-electron chi connectivity index (χ2n) is 5.88. The Morgan fingerprint density at radius 2 is 1.81 bits per heavy atom. The van der Waals surface area contributed by atoms with Crippen molar-refractivity contribution in [3.05, 3.63) is 62.7 Å². The van der Waals surface area contributed by atoms with E-state index in [1.165, 1.54) is 0 Å². The van der Waals surface area contributed by atoms with Crippen LogP contribution in [-0.4, -0.2) is 21.0 Å². The fourth-order valence-corrected chi connectivity index (χ4v) is 3.30. The largest absolute Gasteiger partial charge is 0.339 e. The van der Waals surface area contributed by atoms with Gasteiger partial charge in [-0.25, -0.2) is 0 Å². The Hall–Kier alpha value is -0.800. The number of anilines is 1. The number of carbonyl (C=O) groups is 1. The van der Waals surface area contributed by atoms with Gasteiger partial charge in [-0.2, -0.15) is 0 Å². The molecule has 3 N–H and O–H groups in total. The van der Waals surface area contributed by atoms with Crippen molar-refractivity contribution in [1.29, 1.82) is 0 Å². The van der Waals surface area contributed by atoms with E-state index in [1.807, 2.05) is 38.1 Å². The normalized spacial score (nSPS) is 12.2. The van der Waals surface area contributed by atoms with Gasteiger partial charge in [0.1, 0.15) is 6.17 Å². The molecule has 0 bridgehead atoms. The fourth-order valence-electron chi connectivity index (χ4n) is 2.20. The molecule has 0 aliphatic carbocycles. The fraction of sp³-hybridized carbons (Fsp3) is 0.222. The van der Waals surface area contributed by atoms with E-state index in [0.29, 0.717) is 5.56 Å². The number of nitrogens with one attached hydrogen (secondary N) is 3. The number of benzene rings is 2. The van der Waals surface area contributed by atoms with E-state index < -0.39 is 9.96 Å². The van der Waals surface area contributed by atoms with Crippen LogP contribution in [0.4, 0.5) is 5.69 Å². The maximum atomic E-state index is 12.5. The van der Waals surface area contributed by atoms with Crippen molar-refractivity contribution in [3.8, 4) is 0 Å². The van der Waals surface area contributed by atoms with Crippen molar-refractivity contribution in [2.75, 3.05) is 5.32 Å². The molecule has 0 aliphatic heterocycles. The van der Waals surface area contributed by atoms with Gasteiger partial charge in [-0.1, -0.05) is 53.0 Å². The summed E-state index contributed by atoms with van der Waals surface area (Å²) in [6, 6.07) is 13.0. The van der Waals surface area contributed by atoms with Gasteiger partial charge in [0, 0.05) is 14.8 Å². The highest BCUT2D eigenvalue weighted by Gasteiger charge is 2.35. The molecule has 0 aliphatic rings. The van der Waals surface area contributed by atoms with E-state index in [4.69, 9.17) is 47.0 Å². The molecule has 0 heterocycles. The van der Waals surface area contributed by atoms with Crippen LogP contribution in [0, 0.1) is 17.4 Å². The van der Waals surface area contributed by atoms with Crippen LogP contribution in [-0.2, 0) is 0 Å². The molecule has 1 atom stereocenters. The first-order valence-corrected chi connectivity index (χ1v) is 10.5. The molecule has 2 aromatic carbocycles. The van der Waals surface area contributed by atoms with Crippen LogP contribution in [0.3, 0.4) is 0 Å². The molecular formula is C18H17Cl3IN3OS. The molecule has 144 valence electrons. The summed E-state index contributed by atoms with van der Waals surface area (Å²) in [5.41, 5.74) is 3.38. The lowest BCUT2D eigenvalue weighted by Gasteiger charge is -2.28. The lowest BCUT2D eigenvalue weighted by atomic mass is 10.1. The predicted octanol–water partition coefficient (Wildman–Crippen LogP) is 5.32. The molecule has 27 heavy (non-hydrogen) atoms. The summed E-state index contributed by atoms with van der Waals surface area (Å²) >= 11 is 25.5. The van der Waals surface area contributed by atoms with E-state index in [1.54, 1.807) is 18.2 Å². The van der Waals surface area contributed by atoms with Crippen LogP contribution >= 0.6 is 69.6 Å². The number of halogens is 4. The lowest BCUT2D eigenvalue weighted by Crippen LogP contribution is -2.56. The minimum atomic E-state index is -1.81. The lowest BCUT2D eigenvalue weighted by molar-refractivity contribution is 0.0934. The molecule has 1 unspecified atom stereocenters. The van der Waals surface area contributed by atoms with E-state index in [2.05, 4.69) is 38.5 Å². The monoisotopic (exact) mass is 555 g/mol. The van der Waals surface area contributed by atoms with E-state index >= 15 is 0 Å². The Morgan fingerprint density at radius 3 is 2.44 bits per heavy atom. The van der Waals surface area contributed by atoms with Crippen LogP contribution in [0.1, 0.15) is 21.5 Å². The molecular weight excluding hydrogens is 540 g/mol. The van der Waals surface area contributed by atoms with Gasteiger partial charge in [-0.15, -0.1) is 0 Å². The van der Waals surface area contributed by atoms with Gasteiger partial charge in [0.2, 0.25) is 3.79 Å². The Balaban J connectivity index is 2.11. The standard InChI is InChI=1S/C18H17Cl3IN3OS/c1-10-6-7-11(2)14(8-10)23-17(27)25-16(18(19,20)21)24-15(26)12-4-3-5-13(22)9-12/h3-9,16H,1-2H3,(H,24,26)(H2,23,25,27). The van der Waals surface area contributed by atoms with Crippen molar-refractivity contribution in [2.24, 2.45) is 0 Å². The van der Waals surface area contributed by atoms with E-state index in [9.17, 15) is 4.79 Å². The SMILES string of the molecule is Cc1ccc(C)c(NC(=S)NC(NC(=O)c2cccc(I)c2)C(Cl)(Cl)Cl)c1. The first-order chi connectivity index (χ1) is 12.6. The average Bonchev–Trinajstić information content (AvgIpc) is 2.56. The predicted molar refractivity (Wildman–Crippen MR) is 126 cm³/mol. The van der Waals surface area contributed by atoms with Gasteiger partial charge in [0.25, 0.3) is 5.91 Å². The maximum Gasteiger partial charge on any atom is 0.253 e. The highest BCUT2D eigenvalue weighted by molar-refractivity contribution is 14.1. The second kappa shape index (κ2) is 9.60. The Kier molecular flexibility index (Phi) is 8.00. The Bertz CT molecular complexity index is 858. The van der Waals surface area contributed by atoms with Crippen molar-refractivity contribution in [2.45, 2.75) is 23.8 Å². The Morgan fingerprint density at radius 1 is 1.11 bits per heavy atom. The van der Waals surface area contributed by atoms with Crippen LogP contribution in [0.15, 0.2) is 42.5 Å². The minimum absolute atomic E-state index is 0.225. The third-order valence-corrected chi connectivity index (χ3v) is 5.15. The Labute approximate surface area is 192 Å². The molecule has 0 saturated heterocycles. The van der Waals surface area contributed by atoms with Crippen LogP contribution in [0.5, 0.6) is 0 Å². The van der Waals surface area contributed by atoms with Crippen molar-refractivity contribution < 1.29 is 4.79 Å². The summed E-state index contributed by atoms with van der Waals surface area (Å²) < 4.78 is -0.893. The molecule has 0 saturated carbocycles. The molecule has 4 nitrogen and oxygen atoms in total. The van der Waals surface area contributed by atoms with Crippen molar-refractivity contribution >= 4 is 86.3 Å². The van der Waals surface area contributed by atoms with Gasteiger partial charge >= 0.3 is 0 Å². The van der Waals surface area contributed by atoms with Gasteiger partial charge in [-0.3, -0.25) is 4.79 Å². The number of hydrogen-bond donors (Lipinski definition) is 3. The average molecular weight is 557 g/mol. The molecule has 2 rings (SSSR count). The number of hydrogen-bond acceptors (Lipinski definition) is 2. The van der Waals surface area contributed by atoms with Crippen LogP contribution in [0.2, 0.25) is 0 Å². The summed E-state index contributed by atoms with van der Waals surface area (Å²) in [6.45, 7) is 3.93. The summed E-state index contributed by atoms with van der Waals surface area (Å²) in [4.78, 5) is 12.5. The number of carbonyl (C=O) groups excluding carboxylic acids is 1. The highest BCUT2D eigenvalue weighted by Crippen LogP contribution is 2.29. The highest BCUT2D eigenvalue weighted by atomic mass is 127. The van der Waals surface area contributed by atoms with Crippen LogP contribution < -0.4 is 16.0 Å². The molecule has 0 fully saturated rings. The number of amides is 1. The summed E-state index contributed by atoms with van der Waals surface area (Å²) in [5.74, 6) is -0.383. The van der Waals surface area contributed by atoms with E-state index in [0.717, 1.165) is 20.4 Å². The summed E-state index contributed by atoms with van der Waals surface area (Å²) in [5, 5.41) is 8.82. The zero-order valence-electron chi connectivity index (χ0n) is 14.4. The second-order valence-corrected chi connectivity index (χ2v) is 9.90. The first kappa shape index (κ1) is 22.5. The third-order valence-electron chi connectivity index (χ3n) is 3.61. The number of aryl methyl sites for hydroxylation is 2. The third kappa shape index (κ3) is 6.94. The van der Waals surface area contributed by atoms with Gasteiger partial charge in [0.15, 0.2) is 5.11 Å². The minimum Gasteiger partial charge on any atom is -0.339 e. The zero-order valence-corrected chi connectivity index (χ0v) is 19.7. The van der Waals surface area contributed by atoms with E-state index in [-0.39, 0.29) is 11.0 Å². The van der Waals surface area contributed by atoms with Crippen LogP contribution in [0.25, 0.3) is 0 Å². The summed E-state index contributed by atoms with van der Waals surface area (Å²) in [7, 11) is 0. The topological polar surface area (TPSA) is 53.2 Å². The number of alkyl halides is 3. The van der Waals surface area contributed by atoms with Gasteiger partial charge in [-0.05, 0) is 84.0 Å². The summed E-state index contributed by atoms with van der Waals surface area (Å²) in [6.07, 6.45) is -1.03. The molecule has 0 radical (unpaired) electrons. The maximum absolute atomic E-state index is 12.5. The van der Waals surface area contributed by atoms with Gasteiger partial charge < -0.3 is 16.0 Å².